The van der Waals surface area contributed by atoms with E-state index in [4.69, 9.17) is 11.6 Å². The van der Waals surface area contributed by atoms with Crippen LogP contribution >= 0.6 is 27.5 Å². The third-order valence-electron chi connectivity index (χ3n) is 2.05. The van der Waals surface area contributed by atoms with E-state index in [0.717, 1.165) is 15.2 Å². The Kier molecular flexibility index (Phi) is 2.57. The van der Waals surface area contributed by atoms with E-state index in [-0.39, 0.29) is 0 Å². The van der Waals surface area contributed by atoms with Crippen molar-refractivity contribution in [1.82, 2.24) is 0 Å². The van der Waals surface area contributed by atoms with E-state index in [9.17, 15) is 4.79 Å². The molecule has 0 amide bonds. The highest BCUT2D eigenvalue weighted by Crippen LogP contribution is 2.23. The second-order valence-electron chi connectivity index (χ2n) is 2.94. The molecule has 0 aliphatic heterocycles. The van der Waals surface area contributed by atoms with Gasteiger partial charge in [0.1, 0.15) is 0 Å². The minimum absolute atomic E-state index is 0.419. The van der Waals surface area contributed by atoms with Crippen LogP contribution in [-0.2, 0) is 0 Å². The molecule has 70 valence electrons. The summed E-state index contributed by atoms with van der Waals surface area (Å²) in [6.07, 6.45) is 0. The molecule has 0 saturated carbocycles. The molecule has 2 rings (SSSR count). The maximum absolute atomic E-state index is 11.1. The van der Waals surface area contributed by atoms with Gasteiger partial charge in [0.25, 0.3) is 5.24 Å². The Morgan fingerprint density at radius 2 is 2.00 bits per heavy atom. The molecule has 0 heterocycles. The van der Waals surface area contributed by atoms with Crippen LogP contribution in [0.3, 0.4) is 0 Å². The third kappa shape index (κ3) is 1.68. The van der Waals surface area contributed by atoms with Gasteiger partial charge < -0.3 is 0 Å². The first-order valence-electron chi connectivity index (χ1n) is 4.06. The van der Waals surface area contributed by atoms with Gasteiger partial charge in [0, 0.05) is 10.0 Å². The van der Waals surface area contributed by atoms with Crippen LogP contribution in [0.5, 0.6) is 0 Å². The quantitative estimate of drug-likeness (QED) is 0.716. The van der Waals surface area contributed by atoms with E-state index in [0.29, 0.717) is 5.56 Å². The number of hydrogen-bond donors (Lipinski definition) is 0. The molecule has 0 saturated heterocycles. The van der Waals surface area contributed by atoms with Crippen LogP contribution in [-0.4, -0.2) is 5.24 Å². The summed E-state index contributed by atoms with van der Waals surface area (Å²) < 4.78 is 0.990. The van der Waals surface area contributed by atoms with Gasteiger partial charge in [-0.25, -0.2) is 0 Å². The molecule has 0 aliphatic rings. The number of rotatable bonds is 1. The lowest BCUT2D eigenvalue weighted by Crippen LogP contribution is -1.89. The molecule has 0 bridgehead atoms. The largest absolute Gasteiger partial charge is 0.276 e. The van der Waals surface area contributed by atoms with E-state index in [1.807, 2.05) is 30.3 Å². The fraction of sp³-hybridized carbons (Fsp3) is 0. The van der Waals surface area contributed by atoms with Crippen molar-refractivity contribution >= 4 is 43.5 Å². The Balaban J connectivity index is 2.81. The van der Waals surface area contributed by atoms with Crippen molar-refractivity contribution in [3.63, 3.8) is 0 Å². The summed E-state index contributed by atoms with van der Waals surface area (Å²) in [5, 5.41) is 1.47. The van der Waals surface area contributed by atoms with Gasteiger partial charge >= 0.3 is 0 Å². The molecule has 2 aromatic rings. The Labute approximate surface area is 94.8 Å². The minimum Gasteiger partial charge on any atom is -0.276 e. The summed E-state index contributed by atoms with van der Waals surface area (Å²) in [6.45, 7) is 0. The monoisotopic (exact) mass is 268 g/mol. The molecule has 0 atom stereocenters. The van der Waals surface area contributed by atoms with Crippen molar-refractivity contribution in [2.24, 2.45) is 0 Å². The number of halogens is 2. The highest BCUT2D eigenvalue weighted by Gasteiger charge is 2.06. The van der Waals surface area contributed by atoms with Gasteiger partial charge in [0.05, 0.1) is 0 Å². The van der Waals surface area contributed by atoms with Gasteiger partial charge in [0.15, 0.2) is 0 Å². The summed E-state index contributed by atoms with van der Waals surface area (Å²) >= 11 is 8.85. The Bertz CT molecular complexity index is 508. The number of benzene rings is 2. The molecule has 2 aromatic carbocycles. The van der Waals surface area contributed by atoms with Crippen LogP contribution in [0.1, 0.15) is 10.4 Å². The van der Waals surface area contributed by atoms with E-state index < -0.39 is 5.24 Å². The molecule has 14 heavy (non-hydrogen) atoms. The lowest BCUT2D eigenvalue weighted by Gasteiger charge is -2.02. The van der Waals surface area contributed by atoms with Crippen LogP contribution in [0.2, 0.25) is 0 Å². The van der Waals surface area contributed by atoms with Crippen molar-refractivity contribution < 1.29 is 4.79 Å². The van der Waals surface area contributed by atoms with Crippen LogP contribution in [0.25, 0.3) is 10.8 Å². The van der Waals surface area contributed by atoms with Crippen molar-refractivity contribution in [1.29, 1.82) is 0 Å². The van der Waals surface area contributed by atoms with Gasteiger partial charge in [0.2, 0.25) is 0 Å². The number of hydrogen-bond acceptors (Lipinski definition) is 1. The third-order valence-corrected chi connectivity index (χ3v) is 2.75. The average Bonchev–Trinajstić information content (AvgIpc) is 2.16. The zero-order chi connectivity index (χ0) is 10.1. The molecule has 0 unspecified atom stereocenters. The zero-order valence-electron chi connectivity index (χ0n) is 7.13. The summed E-state index contributed by atoms with van der Waals surface area (Å²) in [6, 6.07) is 11.2. The van der Waals surface area contributed by atoms with Crippen molar-refractivity contribution in [3.8, 4) is 0 Å². The molecule has 1 nitrogen and oxygen atoms in total. The molecule has 0 radical (unpaired) electrons. The van der Waals surface area contributed by atoms with Crippen LogP contribution in [0, 0.1) is 0 Å². The first-order chi connectivity index (χ1) is 6.68. The second-order valence-corrected chi connectivity index (χ2v) is 4.20. The molecule has 0 aromatic heterocycles. The first kappa shape index (κ1) is 9.69. The van der Waals surface area contributed by atoms with Crippen molar-refractivity contribution in [2.45, 2.75) is 0 Å². The Hall–Kier alpha value is -0.860. The predicted molar refractivity (Wildman–Crippen MR) is 61.8 cm³/mol. The molecule has 0 fully saturated rings. The Morgan fingerprint density at radius 1 is 1.21 bits per heavy atom. The standard InChI is InChI=1S/C11H6BrClO/c12-8-4-5-9-7(6-8)2-1-3-10(9)11(13)14/h1-6H. The fourth-order valence-electron chi connectivity index (χ4n) is 1.43. The average molecular weight is 270 g/mol. The highest BCUT2D eigenvalue weighted by atomic mass is 79.9. The topological polar surface area (TPSA) is 17.1 Å². The first-order valence-corrected chi connectivity index (χ1v) is 5.24. The molecule has 0 spiro atoms. The number of carbonyl (C=O) groups is 1. The van der Waals surface area contributed by atoms with E-state index in [2.05, 4.69) is 15.9 Å². The lowest BCUT2D eigenvalue weighted by atomic mass is 10.1. The van der Waals surface area contributed by atoms with Gasteiger partial charge in [-0.05, 0) is 40.6 Å². The van der Waals surface area contributed by atoms with Gasteiger partial charge in [-0.15, -0.1) is 0 Å². The zero-order valence-corrected chi connectivity index (χ0v) is 9.47. The van der Waals surface area contributed by atoms with E-state index >= 15 is 0 Å². The predicted octanol–water partition coefficient (Wildman–Crippen LogP) is 3.98. The van der Waals surface area contributed by atoms with Gasteiger partial charge in [-0.2, -0.15) is 0 Å². The van der Waals surface area contributed by atoms with Crippen molar-refractivity contribution in [3.05, 3.63) is 46.4 Å². The summed E-state index contributed by atoms with van der Waals surface area (Å²) in [4.78, 5) is 11.1. The summed E-state index contributed by atoms with van der Waals surface area (Å²) in [7, 11) is 0. The van der Waals surface area contributed by atoms with Gasteiger partial charge in [-0.3, -0.25) is 4.79 Å². The van der Waals surface area contributed by atoms with Crippen LogP contribution in [0.4, 0.5) is 0 Å². The lowest BCUT2D eigenvalue weighted by molar-refractivity contribution is 0.108. The molecule has 0 N–H and O–H groups in total. The molecule has 0 aliphatic carbocycles. The molecular formula is C11H6BrClO. The smallest absolute Gasteiger partial charge is 0.253 e. The molecular weight excluding hydrogens is 263 g/mol. The summed E-state index contributed by atoms with van der Waals surface area (Å²) in [5.41, 5.74) is 0.552. The highest BCUT2D eigenvalue weighted by molar-refractivity contribution is 9.10. The SMILES string of the molecule is O=C(Cl)c1cccc2cc(Br)ccc12. The maximum Gasteiger partial charge on any atom is 0.253 e. The number of carbonyl (C=O) groups excluding carboxylic acids is 1. The van der Waals surface area contributed by atoms with E-state index in [1.165, 1.54) is 0 Å². The van der Waals surface area contributed by atoms with Crippen molar-refractivity contribution in [2.75, 3.05) is 0 Å². The number of fused-ring (bicyclic) bond motifs is 1. The van der Waals surface area contributed by atoms with E-state index in [1.54, 1.807) is 6.07 Å². The fourth-order valence-corrected chi connectivity index (χ4v) is 1.97. The Morgan fingerprint density at radius 3 is 2.71 bits per heavy atom. The minimum atomic E-state index is -0.419. The molecule has 3 heteroatoms. The maximum atomic E-state index is 11.1. The normalized spacial score (nSPS) is 10.4. The van der Waals surface area contributed by atoms with Gasteiger partial charge in [-0.1, -0.05) is 34.1 Å². The second kappa shape index (κ2) is 3.71. The summed E-state index contributed by atoms with van der Waals surface area (Å²) in [5.74, 6) is 0. The van der Waals surface area contributed by atoms with Crippen LogP contribution < -0.4 is 0 Å². The van der Waals surface area contributed by atoms with Crippen LogP contribution in [0.15, 0.2) is 40.9 Å².